The van der Waals surface area contributed by atoms with Gasteiger partial charge in [0.15, 0.2) is 0 Å². The number of methoxy groups -OCH3 is 1. The van der Waals surface area contributed by atoms with E-state index in [9.17, 15) is 14.7 Å². The molecule has 1 unspecified atom stereocenters. The molecular weight excluding hydrogens is 472 g/mol. The van der Waals surface area contributed by atoms with Crippen LogP contribution in [-0.4, -0.2) is 33.8 Å². The molecule has 1 fully saturated rings. The molecule has 0 saturated carbocycles. The third-order valence-electron chi connectivity index (χ3n) is 5.52. The first-order chi connectivity index (χ1) is 15.4. The maximum Gasteiger partial charge on any atom is 0.295 e. The molecular formula is C25H21BrN2O4. The van der Waals surface area contributed by atoms with E-state index in [1.807, 2.05) is 37.3 Å². The summed E-state index contributed by atoms with van der Waals surface area (Å²) in [4.78, 5) is 31.9. The topological polar surface area (TPSA) is 79.7 Å². The fraction of sp³-hybridized carbons (Fsp3) is 0.160. The van der Waals surface area contributed by atoms with Crippen LogP contribution in [0, 0.1) is 6.92 Å². The standard InChI is InChI=1S/C25H21BrN2O4/c1-15-6-3-4-8-18(15)22-21(23(29)17-9-10-20(32-2)19(26)12-17)24(30)25(31)28(22)14-16-7-5-11-27-13-16/h3-13,22,29H,14H2,1-2H3/b23-21+. The van der Waals surface area contributed by atoms with E-state index in [-0.39, 0.29) is 17.9 Å². The summed E-state index contributed by atoms with van der Waals surface area (Å²) in [5.41, 5.74) is 2.96. The van der Waals surface area contributed by atoms with Gasteiger partial charge in [-0.3, -0.25) is 14.6 Å². The fourth-order valence-electron chi connectivity index (χ4n) is 3.92. The third-order valence-corrected chi connectivity index (χ3v) is 6.14. The van der Waals surface area contributed by atoms with Crippen LogP contribution in [0.15, 0.2) is 77.0 Å². The Morgan fingerprint density at radius 1 is 1.16 bits per heavy atom. The first kappa shape index (κ1) is 21.8. The van der Waals surface area contributed by atoms with E-state index in [0.717, 1.165) is 16.7 Å². The predicted octanol–water partition coefficient (Wildman–Crippen LogP) is 4.78. The zero-order valence-electron chi connectivity index (χ0n) is 17.6. The SMILES string of the molecule is COc1ccc(/C(O)=C2\C(=O)C(=O)N(Cc3cccnc3)C2c2ccccc2C)cc1Br. The van der Waals surface area contributed by atoms with Crippen LogP contribution in [0.5, 0.6) is 5.75 Å². The van der Waals surface area contributed by atoms with Crippen LogP contribution in [0.1, 0.15) is 28.3 Å². The molecule has 4 rings (SSSR count). The summed E-state index contributed by atoms with van der Waals surface area (Å²) in [6.07, 6.45) is 3.31. The molecule has 1 saturated heterocycles. The van der Waals surface area contributed by atoms with Gasteiger partial charge in [0.25, 0.3) is 11.7 Å². The molecule has 1 aliphatic heterocycles. The number of hydrogen-bond acceptors (Lipinski definition) is 5. The molecule has 0 spiro atoms. The normalized spacial score (nSPS) is 17.6. The van der Waals surface area contributed by atoms with Crippen LogP contribution < -0.4 is 4.74 Å². The second-order valence-electron chi connectivity index (χ2n) is 7.49. The number of carbonyl (C=O) groups excluding carboxylic acids is 2. The number of ether oxygens (including phenoxy) is 1. The lowest BCUT2D eigenvalue weighted by molar-refractivity contribution is -0.140. The van der Waals surface area contributed by atoms with E-state index in [2.05, 4.69) is 20.9 Å². The van der Waals surface area contributed by atoms with Gasteiger partial charge >= 0.3 is 0 Å². The Kier molecular flexibility index (Phi) is 6.10. The van der Waals surface area contributed by atoms with Gasteiger partial charge in [0.2, 0.25) is 0 Å². The Labute approximate surface area is 194 Å². The van der Waals surface area contributed by atoms with E-state index in [1.165, 1.54) is 4.90 Å². The van der Waals surface area contributed by atoms with Crippen LogP contribution in [0.4, 0.5) is 0 Å². The molecule has 7 heteroatoms. The lowest BCUT2D eigenvalue weighted by atomic mass is 9.92. The maximum absolute atomic E-state index is 13.2. The van der Waals surface area contributed by atoms with Crippen LogP contribution >= 0.6 is 15.9 Å². The number of benzene rings is 2. The highest BCUT2D eigenvalue weighted by atomic mass is 79.9. The van der Waals surface area contributed by atoms with Crippen molar-refractivity contribution in [3.05, 3.63) is 99.3 Å². The summed E-state index contributed by atoms with van der Waals surface area (Å²) in [6, 6.07) is 15.5. The van der Waals surface area contributed by atoms with Crippen LogP contribution in [0.3, 0.4) is 0 Å². The number of hydrogen-bond donors (Lipinski definition) is 1. The molecule has 0 aliphatic carbocycles. The fourth-order valence-corrected chi connectivity index (χ4v) is 4.46. The summed E-state index contributed by atoms with van der Waals surface area (Å²) < 4.78 is 5.88. The average Bonchev–Trinajstić information content (AvgIpc) is 3.04. The summed E-state index contributed by atoms with van der Waals surface area (Å²) in [5.74, 6) is -1.01. The number of aliphatic hydroxyl groups excluding tert-OH is 1. The van der Waals surface area contributed by atoms with Crippen molar-refractivity contribution < 1.29 is 19.4 Å². The molecule has 6 nitrogen and oxygen atoms in total. The van der Waals surface area contributed by atoms with E-state index < -0.39 is 17.7 Å². The molecule has 0 bridgehead atoms. The number of likely N-dealkylation sites (tertiary alicyclic amines) is 1. The Morgan fingerprint density at radius 2 is 1.94 bits per heavy atom. The number of halogens is 1. The van der Waals surface area contributed by atoms with Gasteiger partial charge in [0, 0.05) is 24.5 Å². The van der Waals surface area contributed by atoms with Crippen LogP contribution in [0.2, 0.25) is 0 Å². The predicted molar refractivity (Wildman–Crippen MR) is 124 cm³/mol. The lowest BCUT2D eigenvalue weighted by Crippen LogP contribution is -2.29. The summed E-state index contributed by atoms with van der Waals surface area (Å²) in [6.45, 7) is 2.12. The Hall–Kier alpha value is -3.45. The smallest absolute Gasteiger partial charge is 0.295 e. The quantitative estimate of drug-likeness (QED) is 0.314. The van der Waals surface area contributed by atoms with Crippen molar-refractivity contribution in [3.8, 4) is 5.75 Å². The minimum absolute atomic E-state index is 0.0604. The largest absolute Gasteiger partial charge is 0.507 e. The Balaban J connectivity index is 1.89. The lowest BCUT2D eigenvalue weighted by Gasteiger charge is -2.26. The Morgan fingerprint density at radius 3 is 2.59 bits per heavy atom. The number of aromatic nitrogens is 1. The molecule has 1 N–H and O–H groups in total. The molecule has 1 aliphatic rings. The zero-order valence-corrected chi connectivity index (χ0v) is 19.2. The van der Waals surface area contributed by atoms with E-state index in [4.69, 9.17) is 4.74 Å². The molecule has 1 aromatic heterocycles. The van der Waals surface area contributed by atoms with Crippen molar-refractivity contribution in [2.75, 3.05) is 7.11 Å². The van der Waals surface area contributed by atoms with Crippen molar-refractivity contribution in [1.82, 2.24) is 9.88 Å². The van der Waals surface area contributed by atoms with Gasteiger partial charge < -0.3 is 14.7 Å². The van der Waals surface area contributed by atoms with Gasteiger partial charge in [-0.15, -0.1) is 0 Å². The number of rotatable bonds is 5. The van der Waals surface area contributed by atoms with Crippen LogP contribution in [0.25, 0.3) is 5.76 Å². The van der Waals surface area contributed by atoms with Gasteiger partial charge in [-0.1, -0.05) is 30.3 Å². The monoisotopic (exact) mass is 492 g/mol. The van der Waals surface area contributed by atoms with Gasteiger partial charge in [0.05, 0.1) is 23.2 Å². The van der Waals surface area contributed by atoms with Gasteiger partial charge in [0.1, 0.15) is 11.5 Å². The average molecular weight is 493 g/mol. The molecule has 32 heavy (non-hydrogen) atoms. The number of amides is 1. The minimum atomic E-state index is -0.725. The number of nitrogens with zero attached hydrogens (tertiary/aromatic N) is 2. The molecule has 2 heterocycles. The van der Waals surface area contributed by atoms with E-state index in [1.54, 1.807) is 43.8 Å². The van der Waals surface area contributed by atoms with Gasteiger partial charge in [-0.2, -0.15) is 0 Å². The zero-order chi connectivity index (χ0) is 22.8. The molecule has 2 aromatic carbocycles. The van der Waals surface area contributed by atoms with Crippen molar-refractivity contribution in [3.63, 3.8) is 0 Å². The van der Waals surface area contributed by atoms with Gasteiger partial charge in [-0.25, -0.2) is 0 Å². The molecule has 1 atom stereocenters. The summed E-state index contributed by atoms with van der Waals surface area (Å²) in [7, 11) is 1.54. The first-order valence-corrected chi connectivity index (χ1v) is 10.8. The van der Waals surface area contributed by atoms with Crippen molar-refractivity contribution in [2.45, 2.75) is 19.5 Å². The highest BCUT2D eigenvalue weighted by Gasteiger charge is 2.46. The van der Waals surface area contributed by atoms with E-state index in [0.29, 0.717) is 15.8 Å². The number of pyridine rings is 1. The molecule has 162 valence electrons. The number of carbonyl (C=O) groups is 2. The highest BCUT2D eigenvalue weighted by Crippen LogP contribution is 2.42. The molecule has 0 radical (unpaired) electrons. The number of Topliss-reactive ketones (excluding diaryl/α,β-unsaturated/α-hetero) is 1. The maximum atomic E-state index is 13.2. The van der Waals surface area contributed by atoms with Crippen molar-refractivity contribution in [2.24, 2.45) is 0 Å². The second-order valence-corrected chi connectivity index (χ2v) is 8.35. The minimum Gasteiger partial charge on any atom is -0.507 e. The Bertz CT molecular complexity index is 1220. The van der Waals surface area contributed by atoms with Crippen molar-refractivity contribution >= 4 is 33.4 Å². The van der Waals surface area contributed by atoms with Crippen LogP contribution in [-0.2, 0) is 16.1 Å². The summed E-state index contributed by atoms with van der Waals surface area (Å²) >= 11 is 3.41. The second kappa shape index (κ2) is 8.96. The molecule has 3 aromatic rings. The third kappa shape index (κ3) is 3.91. The molecule has 1 amide bonds. The van der Waals surface area contributed by atoms with E-state index >= 15 is 0 Å². The number of aryl methyl sites for hydroxylation is 1. The highest BCUT2D eigenvalue weighted by molar-refractivity contribution is 9.10. The first-order valence-electron chi connectivity index (χ1n) is 9.99. The number of aliphatic hydroxyl groups is 1. The summed E-state index contributed by atoms with van der Waals surface area (Å²) in [5, 5.41) is 11.2. The van der Waals surface area contributed by atoms with Crippen molar-refractivity contribution in [1.29, 1.82) is 0 Å². The number of ketones is 1. The van der Waals surface area contributed by atoms with Gasteiger partial charge in [-0.05, 0) is 63.8 Å².